The van der Waals surface area contributed by atoms with Crippen molar-refractivity contribution in [3.05, 3.63) is 57.5 Å². The van der Waals surface area contributed by atoms with E-state index in [1.807, 2.05) is 19.1 Å². The molecular weight excluding hydrogens is 406 g/mol. The van der Waals surface area contributed by atoms with Crippen molar-refractivity contribution in [3.63, 3.8) is 0 Å². The SMILES string of the molecule is Cc1cc(NC(=O)C2=NN(c3ccc(Cl)cc3)C(=O)CC2)ccc1Br. The average molecular weight is 421 g/mol. The van der Waals surface area contributed by atoms with Crippen molar-refractivity contribution in [2.24, 2.45) is 5.10 Å². The van der Waals surface area contributed by atoms with Crippen molar-refractivity contribution in [2.75, 3.05) is 10.3 Å². The zero-order valence-corrected chi connectivity index (χ0v) is 15.8. The predicted molar refractivity (Wildman–Crippen MR) is 103 cm³/mol. The molecule has 0 radical (unpaired) electrons. The van der Waals surface area contributed by atoms with Gasteiger partial charge in [-0.25, -0.2) is 5.01 Å². The summed E-state index contributed by atoms with van der Waals surface area (Å²) in [4.78, 5) is 24.6. The molecule has 0 spiro atoms. The number of carbonyl (C=O) groups excluding carboxylic acids is 2. The third-order valence-corrected chi connectivity index (χ3v) is 4.92. The molecule has 1 N–H and O–H groups in total. The monoisotopic (exact) mass is 419 g/mol. The van der Waals surface area contributed by atoms with Gasteiger partial charge in [0.2, 0.25) is 5.91 Å². The second-order valence-electron chi connectivity index (χ2n) is 5.65. The molecule has 0 aliphatic carbocycles. The fourth-order valence-electron chi connectivity index (χ4n) is 2.43. The number of hydrogen-bond donors (Lipinski definition) is 1. The molecular formula is C18H15BrClN3O2. The highest BCUT2D eigenvalue weighted by atomic mass is 79.9. The molecule has 5 nitrogen and oxygen atoms in total. The van der Waals surface area contributed by atoms with Crippen LogP contribution in [0.2, 0.25) is 5.02 Å². The van der Waals surface area contributed by atoms with Gasteiger partial charge in [-0.15, -0.1) is 0 Å². The Bertz CT molecular complexity index is 865. The third kappa shape index (κ3) is 4.08. The van der Waals surface area contributed by atoms with Gasteiger partial charge in [0.05, 0.1) is 5.69 Å². The first kappa shape index (κ1) is 17.6. The van der Waals surface area contributed by atoms with Gasteiger partial charge in [0, 0.05) is 28.0 Å². The molecule has 0 atom stereocenters. The molecule has 25 heavy (non-hydrogen) atoms. The van der Waals surface area contributed by atoms with Crippen molar-refractivity contribution in [1.29, 1.82) is 0 Å². The maximum atomic E-state index is 12.5. The Morgan fingerprint density at radius 2 is 1.92 bits per heavy atom. The number of halogens is 2. The smallest absolute Gasteiger partial charge is 0.271 e. The highest BCUT2D eigenvalue weighted by Gasteiger charge is 2.25. The topological polar surface area (TPSA) is 61.8 Å². The molecule has 1 aliphatic rings. The van der Waals surface area contributed by atoms with E-state index in [9.17, 15) is 9.59 Å². The highest BCUT2D eigenvalue weighted by molar-refractivity contribution is 9.10. The standard InChI is InChI=1S/C18H15BrClN3O2/c1-11-10-13(4-7-15(11)19)21-18(25)16-8-9-17(24)23(22-16)14-5-2-12(20)3-6-14/h2-7,10H,8-9H2,1H3,(H,21,25). The Kier molecular flexibility index (Phi) is 5.20. The first-order chi connectivity index (χ1) is 11.9. The summed E-state index contributed by atoms with van der Waals surface area (Å²) in [6, 6.07) is 12.3. The number of benzene rings is 2. The Morgan fingerprint density at radius 3 is 2.60 bits per heavy atom. The molecule has 0 fully saturated rings. The third-order valence-electron chi connectivity index (χ3n) is 3.78. The van der Waals surface area contributed by atoms with E-state index in [0.29, 0.717) is 28.5 Å². The Hall–Kier alpha value is -2.18. The number of anilines is 2. The summed E-state index contributed by atoms with van der Waals surface area (Å²) in [6.07, 6.45) is 0.540. The molecule has 2 aromatic rings. The minimum absolute atomic E-state index is 0.154. The first-order valence-corrected chi connectivity index (χ1v) is 8.84. The Balaban J connectivity index is 1.81. The van der Waals surface area contributed by atoms with Gasteiger partial charge in [-0.2, -0.15) is 5.10 Å². The van der Waals surface area contributed by atoms with Crippen LogP contribution in [0, 0.1) is 6.92 Å². The maximum Gasteiger partial charge on any atom is 0.271 e. The van der Waals surface area contributed by atoms with Gasteiger partial charge in [-0.3, -0.25) is 9.59 Å². The molecule has 0 bridgehead atoms. The molecule has 7 heteroatoms. The van der Waals surface area contributed by atoms with Gasteiger partial charge in [0.25, 0.3) is 5.91 Å². The molecule has 0 unspecified atom stereocenters. The van der Waals surface area contributed by atoms with Crippen LogP contribution in [0.25, 0.3) is 0 Å². The van der Waals surface area contributed by atoms with Crippen molar-refractivity contribution in [1.82, 2.24) is 0 Å². The van der Waals surface area contributed by atoms with Gasteiger partial charge in [-0.05, 0) is 55.0 Å². The molecule has 3 rings (SSSR count). The van der Waals surface area contributed by atoms with Crippen LogP contribution in [-0.4, -0.2) is 17.5 Å². The van der Waals surface area contributed by atoms with Gasteiger partial charge in [-0.1, -0.05) is 27.5 Å². The highest BCUT2D eigenvalue weighted by Crippen LogP contribution is 2.23. The van der Waals surface area contributed by atoms with Crippen LogP contribution in [0.3, 0.4) is 0 Å². The number of hydrazone groups is 1. The number of nitrogens with zero attached hydrogens (tertiary/aromatic N) is 2. The summed E-state index contributed by atoms with van der Waals surface area (Å²) in [5, 5.41) is 8.88. The molecule has 2 aromatic carbocycles. The second kappa shape index (κ2) is 7.37. The lowest BCUT2D eigenvalue weighted by molar-refractivity contribution is -0.118. The van der Waals surface area contributed by atoms with Crippen LogP contribution < -0.4 is 10.3 Å². The van der Waals surface area contributed by atoms with E-state index in [1.54, 1.807) is 30.3 Å². The number of hydrogen-bond acceptors (Lipinski definition) is 3. The summed E-state index contributed by atoms with van der Waals surface area (Å²) < 4.78 is 0.972. The van der Waals surface area contributed by atoms with E-state index in [1.165, 1.54) is 5.01 Å². The van der Waals surface area contributed by atoms with Crippen LogP contribution >= 0.6 is 27.5 Å². The minimum atomic E-state index is -0.312. The summed E-state index contributed by atoms with van der Waals surface area (Å²) in [5.74, 6) is -0.466. The van der Waals surface area contributed by atoms with Crippen LogP contribution in [-0.2, 0) is 9.59 Å². The second-order valence-corrected chi connectivity index (χ2v) is 6.94. The average Bonchev–Trinajstić information content (AvgIpc) is 2.59. The quantitative estimate of drug-likeness (QED) is 0.793. The van der Waals surface area contributed by atoms with Crippen molar-refractivity contribution < 1.29 is 9.59 Å². The normalized spacial score (nSPS) is 14.3. The fourth-order valence-corrected chi connectivity index (χ4v) is 2.80. The van der Waals surface area contributed by atoms with Crippen LogP contribution in [0.5, 0.6) is 0 Å². The predicted octanol–water partition coefficient (Wildman–Crippen LogP) is 4.53. The number of aryl methyl sites for hydroxylation is 1. The van der Waals surface area contributed by atoms with E-state index in [4.69, 9.17) is 11.6 Å². The Labute approximate surface area is 158 Å². The molecule has 1 heterocycles. The molecule has 1 aliphatic heterocycles. The van der Waals surface area contributed by atoms with E-state index >= 15 is 0 Å². The zero-order chi connectivity index (χ0) is 18.0. The van der Waals surface area contributed by atoms with Crippen LogP contribution in [0.15, 0.2) is 52.0 Å². The van der Waals surface area contributed by atoms with Crippen molar-refractivity contribution in [3.8, 4) is 0 Å². The number of carbonyl (C=O) groups is 2. The van der Waals surface area contributed by atoms with Gasteiger partial charge < -0.3 is 5.32 Å². The van der Waals surface area contributed by atoms with E-state index < -0.39 is 0 Å². The van der Waals surface area contributed by atoms with Crippen LogP contribution in [0.4, 0.5) is 11.4 Å². The van der Waals surface area contributed by atoms with E-state index in [-0.39, 0.29) is 18.2 Å². The van der Waals surface area contributed by atoms with Crippen LogP contribution in [0.1, 0.15) is 18.4 Å². The Morgan fingerprint density at radius 1 is 1.20 bits per heavy atom. The largest absolute Gasteiger partial charge is 0.321 e. The molecule has 0 aromatic heterocycles. The maximum absolute atomic E-state index is 12.5. The molecule has 2 amide bonds. The van der Waals surface area contributed by atoms with Crippen molar-refractivity contribution >= 4 is 56.4 Å². The lowest BCUT2D eigenvalue weighted by Crippen LogP contribution is -2.36. The van der Waals surface area contributed by atoms with E-state index in [2.05, 4.69) is 26.3 Å². The zero-order valence-electron chi connectivity index (χ0n) is 13.4. The summed E-state index contributed by atoms with van der Waals surface area (Å²) in [6.45, 7) is 1.94. The summed E-state index contributed by atoms with van der Waals surface area (Å²) in [5.41, 5.74) is 2.60. The van der Waals surface area contributed by atoms with Gasteiger partial charge in [0.1, 0.15) is 5.71 Å². The minimum Gasteiger partial charge on any atom is -0.321 e. The van der Waals surface area contributed by atoms with Crippen molar-refractivity contribution in [2.45, 2.75) is 19.8 Å². The fraction of sp³-hybridized carbons (Fsp3) is 0.167. The number of nitrogens with one attached hydrogen (secondary N) is 1. The number of amides is 2. The number of rotatable bonds is 3. The molecule has 128 valence electrons. The lowest BCUT2D eigenvalue weighted by Gasteiger charge is -2.23. The molecule has 0 saturated carbocycles. The summed E-state index contributed by atoms with van der Waals surface area (Å²) >= 11 is 9.30. The van der Waals surface area contributed by atoms with Gasteiger partial charge in [0.15, 0.2) is 0 Å². The lowest BCUT2D eigenvalue weighted by atomic mass is 10.1. The van der Waals surface area contributed by atoms with Gasteiger partial charge >= 0.3 is 0 Å². The first-order valence-electron chi connectivity index (χ1n) is 7.67. The summed E-state index contributed by atoms with van der Waals surface area (Å²) in [7, 11) is 0. The van der Waals surface area contributed by atoms with E-state index in [0.717, 1.165) is 10.0 Å². The molecule has 0 saturated heterocycles.